The molecule has 2 atom stereocenters. The molecule has 2 aliphatic rings. The number of anilines is 3. The van der Waals surface area contributed by atoms with Crippen LogP contribution in [0.4, 0.5) is 21.6 Å². The number of carbonyl (C=O) groups excluding carboxylic acids is 1. The fourth-order valence-electron chi connectivity index (χ4n) is 5.27. The second-order valence-electron chi connectivity index (χ2n) is 9.44. The Morgan fingerprint density at radius 1 is 1.20 bits per heavy atom. The Balaban J connectivity index is 1.31. The molecular formula is C27H30FN5O2. The highest BCUT2D eigenvalue weighted by molar-refractivity contribution is 6.03. The number of nitrogens with zero attached hydrogens (tertiary/aromatic N) is 3. The van der Waals surface area contributed by atoms with Gasteiger partial charge >= 0.3 is 0 Å². The Hall–Kier alpha value is -3.52. The van der Waals surface area contributed by atoms with Crippen LogP contribution < -0.4 is 15.4 Å². The minimum absolute atomic E-state index is 0.220. The monoisotopic (exact) mass is 475 g/mol. The van der Waals surface area contributed by atoms with E-state index in [1.807, 2.05) is 6.08 Å². The molecule has 5 rings (SSSR count). The number of halogens is 1. The molecule has 2 N–H and O–H groups in total. The van der Waals surface area contributed by atoms with Gasteiger partial charge in [0, 0.05) is 42.9 Å². The molecule has 1 saturated heterocycles. The molecule has 1 aliphatic carbocycles. The first-order valence-corrected chi connectivity index (χ1v) is 12.1. The molecule has 2 aromatic carbocycles. The van der Waals surface area contributed by atoms with E-state index in [0.29, 0.717) is 39.4 Å². The number of nitrogens with one attached hydrogen (secondary N) is 2. The summed E-state index contributed by atoms with van der Waals surface area (Å²) in [7, 11) is 1.55. The van der Waals surface area contributed by atoms with Crippen LogP contribution in [0.25, 0.3) is 10.9 Å². The molecule has 2 unspecified atom stereocenters. The molecule has 182 valence electrons. The third-order valence-corrected chi connectivity index (χ3v) is 7.07. The summed E-state index contributed by atoms with van der Waals surface area (Å²) in [6.45, 7) is 4.77. The van der Waals surface area contributed by atoms with E-state index < -0.39 is 0 Å². The lowest BCUT2D eigenvalue weighted by molar-refractivity contribution is -0.111. The number of amides is 1. The van der Waals surface area contributed by atoms with Gasteiger partial charge in [0.2, 0.25) is 5.91 Å². The van der Waals surface area contributed by atoms with E-state index in [1.54, 1.807) is 44.4 Å². The number of hydrogen-bond acceptors (Lipinski definition) is 6. The lowest BCUT2D eigenvalue weighted by Gasteiger charge is -2.14. The van der Waals surface area contributed by atoms with E-state index >= 15 is 0 Å². The van der Waals surface area contributed by atoms with Gasteiger partial charge in [-0.05, 0) is 61.4 Å². The summed E-state index contributed by atoms with van der Waals surface area (Å²) in [5.74, 6) is 2.25. The number of carbonyl (C=O) groups is 1. The number of ether oxygens (including phenoxy) is 1. The molecule has 35 heavy (non-hydrogen) atoms. The number of aromatic nitrogens is 2. The normalized spacial score (nSPS) is 19.9. The minimum Gasteiger partial charge on any atom is -0.494 e. The van der Waals surface area contributed by atoms with Crippen molar-refractivity contribution in [2.24, 2.45) is 11.8 Å². The topological polar surface area (TPSA) is 79.4 Å². The van der Waals surface area contributed by atoms with Crippen molar-refractivity contribution in [2.45, 2.75) is 26.2 Å². The number of fused-ring (bicyclic) bond motifs is 2. The van der Waals surface area contributed by atoms with Gasteiger partial charge in [0.15, 0.2) is 0 Å². The molecule has 8 heteroatoms. The number of methoxy groups -OCH3 is 1. The van der Waals surface area contributed by atoms with Gasteiger partial charge in [-0.1, -0.05) is 12.5 Å². The maximum Gasteiger partial charge on any atom is 0.248 e. The summed E-state index contributed by atoms with van der Waals surface area (Å²) in [4.78, 5) is 23.8. The Bertz CT molecular complexity index is 1270. The largest absolute Gasteiger partial charge is 0.494 e. The number of benzene rings is 2. The van der Waals surface area contributed by atoms with Gasteiger partial charge in [-0.25, -0.2) is 14.4 Å². The SMILES string of the molecule is COc1cc2ncnc(Nc3ccc(F)c(C)c3)c2cc1NC(=O)/C=C/CN1CC2CCCC2C1. The first-order chi connectivity index (χ1) is 17.0. The summed E-state index contributed by atoms with van der Waals surface area (Å²) in [6, 6.07) is 8.34. The van der Waals surface area contributed by atoms with Crippen LogP contribution in [0.15, 0.2) is 48.8 Å². The van der Waals surface area contributed by atoms with E-state index in [4.69, 9.17) is 4.74 Å². The van der Waals surface area contributed by atoms with Crippen LogP contribution in [-0.2, 0) is 4.79 Å². The van der Waals surface area contributed by atoms with Crippen molar-refractivity contribution in [1.29, 1.82) is 0 Å². The van der Waals surface area contributed by atoms with Crippen LogP contribution in [0.5, 0.6) is 5.75 Å². The van der Waals surface area contributed by atoms with Crippen LogP contribution in [0.2, 0.25) is 0 Å². The van der Waals surface area contributed by atoms with Gasteiger partial charge < -0.3 is 15.4 Å². The molecule has 1 aromatic heterocycles. The average Bonchev–Trinajstić information content (AvgIpc) is 3.43. The van der Waals surface area contributed by atoms with E-state index in [1.165, 1.54) is 31.7 Å². The summed E-state index contributed by atoms with van der Waals surface area (Å²) in [5.41, 5.74) is 2.43. The molecule has 1 saturated carbocycles. The maximum atomic E-state index is 13.7. The van der Waals surface area contributed by atoms with Crippen LogP contribution in [0.3, 0.4) is 0 Å². The average molecular weight is 476 g/mol. The fraction of sp³-hybridized carbons (Fsp3) is 0.370. The molecular weight excluding hydrogens is 445 g/mol. The van der Waals surface area contributed by atoms with Gasteiger partial charge in [-0.2, -0.15) is 0 Å². The predicted octanol–water partition coefficient (Wildman–Crippen LogP) is 5.06. The first-order valence-electron chi connectivity index (χ1n) is 12.1. The highest BCUT2D eigenvalue weighted by Crippen LogP contribution is 2.37. The second-order valence-corrected chi connectivity index (χ2v) is 9.44. The van der Waals surface area contributed by atoms with Gasteiger partial charge in [-0.15, -0.1) is 0 Å². The second kappa shape index (κ2) is 10.00. The zero-order chi connectivity index (χ0) is 24.4. The number of aryl methyl sites for hydroxylation is 1. The van der Waals surface area contributed by atoms with Crippen molar-refractivity contribution in [3.63, 3.8) is 0 Å². The van der Waals surface area contributed by atoms with Gasteiger partial charge in [0.05, 0.1) is 18.3 Å². The Morgan fingerprint density at radius 2 is 2.00 bits per heavy atom. The van der Waals surface area contributed by atoms with Crippen LogP contribution >= 0.6 is 0 Å². The zero-order valence-corrected chi connectivity index (χ0v) is 20.1. The number of hydrogen-bond donors (Lipinski definition) is 2. The zero-order valence-electron chi connectivity index (χ0n) is 20.1. The summed E-state index contributed by atoms with van der Waals surface area (Å²) >= 11 is 0. The van der Waals surface area contributed by atoms with Gasteiger partial charge in [0.25, 0.3) is 0 Å². The molecule has 2 fully saturated rings. The summed E-state index contributed by atoms with van der Waals surface area (Å²) in [5, 5.41) is 6.86. The molecule has 7 nitrogen and oxygen atoms in total. The van der Waals surface area contributed by atoms with Crippen LogP contribution in [0, 0.1) is 24.6 Å². The van der Waals surface area contributed by atoms with Crippen molar-refractivity contribution in [1.82, 2.24) is 14.9 Å². The molecule has 2 heterocycles. The predicted molar refractivity (Wildman–Crippen MR) is 136 cm³/mol. The standard InChI is InChI=1S/C27H30FN5O2/c1-17-11-20(8-9-22(17)28)31-27-21-12-24(25(35-2)13-23(21)29-16-30-27)32-26(34)7-4-10-33-14-18-5-3-6-19(18)15-33/h4,7-9,11-13,16,18-19H,3,5-6,10,14-15H2,1-2H3,(H,32,34)(H,29,30,31)/b7-4+. The van der Waals surface area contributed by atoms with Crippen molar-refractivity contribution in [3.8, 4) is 5.75 Å². The van der Waals surface area contributed by atoms with Gasteiger partial charge in [-0.3, -0.25) is 9.69 Å². The maximum absolute atomic E-state index is 13.7. The third-order valence-electron chi connectivity index (χ3n) is 7.07. The summed E-state index contributed by atoms with van der Waals surface area (Å²) in [6.07, 6.45) is 9.01. The van der Waals surface area contributed by atoms with Crippen molar-refractivity contribution >= 4 is 34.0 Å². The molecule has 0 bridgehead atoms. The Morgan fingerprint density at radius 3 is 2.74 bits per heavy atom. The van der Waals surface area contributed by atoms with Crippen molar-refractivity contribution < 1.29 is 13.9 Å². The quantitative estimate of drug-likeness (QED) is 0.465. The molecule has 1 amide bonds. The Kier molecular flexibility index (Phi) is 6.63. The lowest BCUT2D eigenvalue weighted by Crippen LogP contribution is -2.22. The highest BCUT2D eigenvalue weighted by Gasteiger charge is 2.35. The lowest BCUT2D eigenvalue weighted by atomic mass is 10.0. The molecule has 1 aliphatic heterocycles. The van der Waals surface area contributed by atoms with E-state index in [-0.39, 0.29) is 11.7 Å². The number of rotatable bonds is 7. The van der Waals surface area contributed by atoms with Crippen molar-refractivity contribution in [3.05, 3.63) is 60.2 Å². The van der Waals surface area contributed by atoms with E-state index in [9.17, 15) is 9.18 Å². The smallest absolute Gasteiger partial charge is 0.248 e. The fourth-order valence-corrected chi connectivity index (χ4v) is 5.27. The van der Waals surface area contributed by atoms with Crippen LogP contribution in [-0.4, -0.2) is 47.5 Å². The molecule has 0 radical (unpaired) electrons. The molecule has 3 aromatic rings. The van der Waals surface area contributed by atoms with E-state index in [2.05, 4.69) is 25.5 Å². The third kappa shape index (κ3) is 5.12. The van der Waals surface area contributed by atoms with E-state index in [0.717, 1.165) is 31.5 Å². The first kappa shape index (κ1) is 23.2. The minimum atomic E-state index is -0.265. The van der Waals surface area contributed by atoms with Crippen molar-refractivity contribution in [2.75, 3.05) is 37.4 Å². The van der Waals surface area contributed by atoms with Crippen LogP contribution in [0.1, 0.15) is 24.8 Å². The molecule has 0 spiro atoms. The Labute approximate surface area is 204 Å². The summed E-state index contributed by atoms with van der Waals surface area (Å²) < 4.78 is 19.2. The number of likely N-dealkylation sites (tertiary alicyclic amines) is 1. The highest BCUT2D eigenvalue weighted by atomic mass is 19.1. The van der Waals surface area contributed by atoms with Gasteiger partial charge in [0.1, 0.15) is 23.7 Å².